The van der Waals surface area contributed by atoms with Crippen LogP contribution in [0, 0.1) is 0 Å². The van der Waals surface area contributed by atoms with Crippen LogP contribution in [0.3, 0.4) is 0 Å². The molecule has 2 heteroatoms. The highest BCUT2D eigenvalue weighted by atomic mass is 32.1. The van der Waals surface area contributed by atoms with E-state index in [1.54, 1.807) is 0 Å². The molecule has 0 atom stereocenters. The second kappa shape index (κ2) is 2.95. The summed E-state index contributed by atoms with van der Waals surface area (Å²) < 4.78 is 0. The largest absolute Gasteiger partial charge is 0.298 e. The minimum atomic E-state index is 0.886. The molecule has 1 aromatic rings. The molecule has 1 nitrogen and oxygen atoms in total. The van der Waals surface area contributed by atoms with Crippen molar-refractivity contribution in [3.8, 4) is 0 Å². The second-order valence-electron chi connectivity index (χ2n) is 3.23. The number of hydrogen-bond acceptors (Lipinski definition) is 2. The molecular formula is C9H13NS. The smallest absolute Gasteiger partial charge is 0.0327 e. The summed E-state index contributed by atoms with van der Waals surface area (Å²) in [5, 5.41) is 2.15. The molecule has 0 spiro atoms. The Morgan fingerprint density at radius 1 is 1.64 bits per heavy atom. The molecule has 0 aliphatic heterocycles. The third-order valence-electron chi connectivity index (χ3n) is 2.16. The standard InChI is InChI=1S/C9H13NS/c1-10(8-4-5-8)7-9-3-2-6-11-9/h2-3,6,8H,4-5,7H2,1H3. The maximum atomic E-state index is 2.45. The maximum absolute atomic E-state index is 2.45. The molecule has 0 unspecified atom stereocenters. The second-order valence-corrected chi connectivity index (χ2v) is 4.26. The van der Waals surface area contributed by atoms with E-state index in [4.69, 9.17) is 0 Å². The highest BCUT2D eigenvalue weighted by Gasteiger charge is 2.25. The monoisotopic (exact) mass is 167 g/mol. The van der Waals surface area contributed by atoms with Gasteiger partial charge < -0.3 is 0 Å². The molecule has 1 aliphatic rings. The van der Waals surface area contributed by atoms with Crippen molar-refractivity contribution in [1.29, 1.82) is 0 Å². The van der Waals surface area contributed by atoms with Crippen molar-refractivity contribution in [2.75, 3.05) is 7.05 Å². The Morgan fingerprint density at radius 2 is 2.45 bits per heavy atom. The van der Waals surface area contributed by atoms with Crippen LogP contribution in [0.4, 0.5) is 0 Å². The molecule has 1 heterocycles. The summed E-state index contributed by atoms with van der Waals surface area (Å²) in [5.41, 5.74) is 0. The Hall–Kier alpha value is -0.340. The lowest BCUT2D eigenvalue weighted by molar-refractivity contribution is 0.319. The van der Waals surface area contributed by atoms with E-state index >= 15 is 0 Å². The molecule has 0 bridgehead atoms. The SMILES string of the molecule is CN(Cc1cccs1)C1CC1. The first kappa shape index (κ1) is 7.32. The van der Waals surface area contributed by atoms with Gasteiger partial charge in [0.15, 0.2) is 0 Å². The molecule has 1 aromatic heterocycles. The molecule has 2 rings (SSSR count). The van der Waals surface area contributed by atoms with Crippen molar-refractivity contribution in [1.82, 2.24) is 4.90 Å². The van der Waals surface area contributed by atoms with Crippen molar-refractivity contribution >= 4 is 11.3 Å². The van der Waals surface area contributed by atoms with E-state index in [0.717, 1.165) is 12.6 Å². The molecule has 60 valence electrons. The summed E-state index contributed by atoms with van der Waals surface area (Å²) in [6.07, 6.45) is 2.81. The van der Waals surface area contributed by atoms with Crippen LogP contribution >= 0.6 is 11.3 Å². The first-order chi connectivity index (χ1) is 5.36. The Labute approximate surface area is 71.7 Å². The zero-order chi connectivity index (χ0) is 7.68. The number of rotatable bonds is 3. The first-order valence-electron chi connectivity index (χ1n) is 4.09. The van der Waals surface area contributed by atoms with Crippen molar-refractivity contribution in [3.63, 3.8) is 0 Å². The van der Waals surface area contributed by atoms with Crippen LogP contribution in [0.5, 0.6) is 0 Å². The van der Waals surface area contributed by atoms with Crippen LogP contribution < -0.4 is 0 Å². The molecule has 1 fully saturated rings. The fraction of sp³-hybridized carbons (Fsp3) is 0.556. The lowest BCUT2D eigenvalue weighted by Gasteiger charge is -2.13. The average Bonchev–Trinajstić information content (AvgIpc) is 2.73. The van der Waals surface area contributed by atoms with E-state index in [1.165, 1.54) is 17.7 Å². The summed E-state index contributed by atoms with van der Waals surface area (Å²) in [5.74, 6) is 0. The summed E-state index contributed by atoms with van der Waals surface area (Å²) in [6, 6.07) is 5.22. The lowest BCUT2D eigenvalue weighted by Crippen LogP contribution is -2.19. The van der Waals surface area contributed by atoms with Gasteiger partial charge in [0.25, 0.3) is 0 Å². The van der Waals surface area contributed by atoms with Gasteiger partial charge in [-0.15, -0.1) is 11.3 Å². The molecule has 1 saturated carbocycles. The van der Waals surface area contributed by atoms with Gasteiger partial charge in [0, 0.05) is 17.5 Å². The molecule has 11 heavy (non-hydrogen) atoms. The molecule has 0 amide bonds. The van der Waals surface area contributed by atoms with Crippen LogP contribution in [-0.2, 0) is 6.54 Å². The highest BCUT2D eigenvalue weighted by Crippen LogP contribution is 2.27. The van der Waals surface area contributed by atoms with Crippen molar-refractivity contribution in [2.24, 2.45) is 0 Å². The zero-order valence-corrected chi connectivity index (χ0v) is 7.60. The van der Waals surface area contributed by atoms with Gasteiger partial charge in [0.1, 0.15) is 0 Å². The third kappa shape index (κ3) is 1.82. The third-order valence-corrected chi connectivity index (χ3v) is 3.02. The van der Waals surface area contributed by atoms with Gasteiger partial charge >= 0.3 is 0 Å². The first-order valence-corrected chi connectivity index (χ1v) is 4.97. The van der Waals surface area contributed by atoms with Gasteiger partial charge in [0.05, 0.1) is 0 Å². The van der Waals surface area contributed by atoms with Gasteiger partial charge in [-0.05, 0) is 31.3 Å². The predicted molar refractivity (Wildman–Crippen MR) is 48.8 cm³/mol. The van der Waals surface area contributed by atoms with Gasteiger partial charge in [-0.25, -0.2) is 0 Å². The molecule has 0 radical (unpaired) electrons. The fourth-order valence-electron chi connectivity index (χ4n) is 1.29. The average molecular weight is 167 g/mol. The van der Waals surface area contributed by atoms with E-state index in [0.29, 0.717) is 0 Å². The van der Waals surface area contributed by atoms with Crippen LogP contribution in [0.15, 0.2) is 17.5 Å². The van der Waals surface area contributed by atoms with Crippen molar-refractivity contribution in [3.05, 3.63) is 22.4 Å². The van der Waals surface area contributed by atoms with Crippen molar-refractivity contribution < 1.29 is 0 Å². The van der Waals surface area contributed by atoms with Crippen LogP contribution in [0.25, 0.3) is 0 Å². The molecule has 1 aliphatic carbocycles. The van der Waals surface area contributed by atoms with E-state index in [2.05, 4.69) is 29.5 Å². The summed E-state index contributed by atoms with van der Waals surface area (Å²) in [7, 11) is 2.22. The van der Waals surface area contributed by atoms with Crippen LogP contribution in [-0.4, -0.2) is 18.0 Å². The summed E-state index contributed by atoms with van der Waals surface area (Å²) in [6.45, 7) is 1.14. The highest BCUT2D eigenvalue weighted by molar-refractivity contribution is 7.09. The quantitative estimate of drug-likeness (QED) is 0.668. The Balaban J connectivity index is 1.89. The topological polar surface area (TPSA) is 3.24 Å². The fourth-order valence-corrected chi connectivity index (χ4v) is 2.06. The summed E-state index contributed by atoms with van der Waals surface area (Å²) >= 11 is 1.85. The van der Waals surface area contributed by atoms with E-state index < -0.39 is 0 Å². The van der Waals surface area contributed by atoms with Gasteiger partial charge in [-0.2, -0.15) is 0 Å². The Morgan fingerprint density at radius 3 is 3.00 bits per heavy atom. The van der Waals surface area contributed by atoms with Crippen LogP contribution in [0.2, 0.25) is 0 Å². The number of hydrogen-bond donors (Lipinski definition) is 0. The Bertz CT molecular complexity index is 213. The van der Waals surface area contributed by atoms with Crippen LogP contribution in [0.1, 0.15) is 17.7 Å². The predicted octanol–water partition coefficient (Wildman–Crippen LogP) is 2.34. The van der Waals surface area contributed by atoms with E-state index in [1.807, 2.05) is 11.3 Å². The van der Waals surface area contributed by atoms with Gasteiger partial charge in [-0.3, -0.25) is 4.90 Å². The van der Waals surface area contributed by atoms with Gasteiger partial charge in [0.2, 0.25) is 0 Å². The normalized spacial score (nSPS) is 17.6. The number of nitrogens with zero attached hydrogens (tertiary/aromatic N) is 1. The zero-order valence-electron chi connectivity index (χ0n) is 6.79. The summed E-state index contributed by atoms with van der Waals surface area (Å²) in [4.78, 5) is 3.94. The molecule has 0 saturated heterocycles. The molecule has 0 aromatic carbocycles. The lowest BCUT2D eigenvalue weighted by atomic mass is 10.4. The van der Waals surface area contributed by atoms with Gasteiger partial charge in [-0.1, -0.05) is 6.07 Å². The molecular weight excluding hydrogens is 154 g/mol. The minimum absolute atomic E-state index is 0.886. The van der Waals surface area contributed by atoms with Crippen molar-refractivity contribution in [2.45, 2.75) is 25.4 Å². The Kier molecular flexibility index (Phi) is 1.96. The van der Waals surface area contributed by atoms with E-state index in [-0.39, 0.29) is 0 Å². The maximum Gasteiger partial charge on any atom is 0.0327 e. The number of thiophene rings is 1. The minimum Gasteiger partial charge on any atom is -0.298 e. The van der Waals surface area contributed by atoms with E-state index in [9.17, 15) is 0 Å². The molecule has 0 N–H and O–H groups in total.